The van der Waals surface area contributed by atoms with Crippen LogP contribution < -0.4 is 15.4 Å². The fraction of sp³-hybridized carbons (Fsp3) is 0.417. The molecule has 2 heterocycles. The van der Waals surface area contributed by atoms with Gasteiger partial charge in [0.2, 0.25) is 5.75 Å². The summed E-state index contributed by atoms with van der Waals surface area (Å²) >= 11 is 1.67. The van der Waals surface area contributed by atoms with Crippen molar-refractivity contribution in [1.82, 2.24) is 15.0 Å². The van der Waals surface area contributed by atoms with Crippen LogP contribution in [-0.2, 0) is 0 Å². The van der Waals surface area contributed by atoms with Crippen molar-refractivity contribution < 1.29 is 4.74 Å². The van der Waals surface area contributed by atoms with E-state index in [4.69, 9.17) is 4.74 Å². The van der Waals surface area contributed by atoms with Gasteiger partial charge in [-0.1, -0.05) is 0 Å². The summed E-state index contributed by atoms with van der Waals surface area (Å²) in [5, 5.41) is 7.29. The third-order valence-electron chi connectivity index (χ3n) is 2.61. The summed E-state index contributed by atoms with van der Waals surface area (Å²) < 4.78 is 5.34. The first-order chi connectivity index (χ1) is 9.15. The van der Waals surface area contributed by atoms with Gasteiger partial charge in [0.25, 0.3) is 0 Å². The van der Waals surface area contributed by atoms with Crippen LogP contribution in [0.2, 0.25) is 0 Å². The van der Waals surface area contributed by atoms with E-state index in [2.05, 4.69) is 25.6 Å². The van der Waals surface area contributed by atoms with Gasteiger partial charge < -0.3 is 15.4 Å². The highest BCUT2D eigenvalue weighted by atomic mass is 32.1. The molecule has 0 radical (unpaired) electrons. The van der Waals surface area contributed by atoms with E-state index in [0.717, 1.165) is 5.01 Å². The molecule has 0 saturated heterocycles. The van der Waals surface area contributed by atoms with Crippen LogP contribution in [-0.4, -0.2) is 29.1 Å². The summed E-state index contributed by atoms with van der Waals surface area (Å²) in [4.78, 5) is 13.9. The van der Waals surface area contributed by atoms with Crippen molar-refractivity contribution in [3.05, 3.63) is 22.4 Å². The standard InChI is InChI=1S/C12H17N5OS/c1-7-5-14-12(19-7)8(2)17-11-9(18-4)10(13-3)15-6-16-11/h5-6,8H,1-4H3,(H2,13,15,16,17). The molecule has 1 atom stereocenters. The highest BCUT2D eigenvalue weighted by molar-refractivity contribution is 7.11. The van der Waals surface area contributed by atoms with Crippen molar-refractivity contribution in [2.24, 2.45) is 0 Å². The molecule has 6 nitrogen and oxygen atoms in total. The van der Waals surface area contributed by atoms with Gasteiger partial charge in [-0.15, -0.1) is 11.3 Å². The van der Waals surface area contributed by atoms with Gasteiger partial charge in [0.1, 0.15) is 11.3 Å². The molecule has 0 aromatic carbocycles. The van der Waals surface area contributed by atoms with Crippen LogP contribution >= 0.6 is 11.3 Å². The summed E-state index contributed by atoms with van der Waals surface area (Å²) in [5.74, 6) is 1.91. The summed E-state index contributed by atoms with van der Waals surface area (Å²) in [6.07, 6.45) is 3.37. The minimum atomic E-state index is 0.0622. The zero-order valence-electron chi connectivity index (χ0n) is 11.4. The minimum Gasteiger partial charge on any atom is -0.490 e. The third-order valence-corrected chi connectivity index (χ3v) is 3.70. The average Bonchev–Trinajstić information content (AvgIpc) is 2.85. The second-order valence-corrected chi connectivity index (χ2v) is 5.30. The molecule has 0 aliphatic carbocycles. The van der Waals surface area contributed by atoms with Crippen LogP contribution in [0.5, 0.6) is 5.75 Å². The van der Waals surface area contributed by atoms with E-state index < -0.39 is 0 Å². The lowest BCUT2D eigenvalue weighted by Crippen LogP contribution is -2.10. The Hall–Kier alpha value is -1.89. The number of rotatable bonds is 5. The number of nitrogens with zero attached hydrogens (tertiary/aromatic N) is 3. The molecule has 7 heteroatoms. The lowest BCUT2D eigenvalue weighted by atomic mass is 10.3. The summed E-state index contributed by atoms with van der Waals surface area (Å²) in [6.45, 7) is 4.08. The van der Waals surface area contributed by atoms with Crippen LogP contribution in [0.4, 0.5) is 11.6 Å². The molecule has 2 aromatic rings. The number of aryl methyl sites for hydroxylation is 1. The number of thiazole rings is 1. The van der Waals surface area contributed by atoms with Gasteiger partial charge in [-0.2, -0.15) is 0 Å². The maximum atomic E-state index is 5.34. The Kier molecular flexibility index (Phi) is 4.16. The first-order valence-corrected chi connectivity index (χ1v) is 6.73. The van der Waals surface area contributed by atoms with Gasteiger partial charge in [-0.25, -0.2) is 15.0 Å². The van der Waals surface area contributed by atoms with Gasteiger partial charge in [0.05, 0.1) is 13.2 Å². The van der Waals surface area contributed by atoms with Gasteiger partial charge >= 0.3 is 0 Å². The molecule has 0 fully saturated rings. The van der Waals surface area contributed by atoms with Crippen molar-refractivity contribution in [3.8, 4) is 5.75 Å². The SMILES string of the molecule is CNc1ncnc(NC(C)c2ncc(C)s2)c1OC. The Morgan fingerprint density at radius 3 is 2.58 bits per heavy atom. The number of methoxy groups -OCH3 is 1. The normalized spacial score (nSPS) is 12.0. The molecule has 2 rings (SSSR count). The number of anilines is 2. The first kappa shape index (κ1) is 13.5. The quantitative estimate of drug-likeness (QED) is 0.876. The molecular formula is C12H17N5OS. The fourth-order valence-corrected chi connectivity index (χ4v) is 2.46. The van der Waals surface area contributed by atoms with Crippen LogP contribution in [0, 0.1) is 6.92 Å². The second kappa shape index (κ2) is 5.83. The Labute approximate surface area is 116 Å². The number of aromatic nitrogens is 3. The van der Waals surface area contributed by atoms with Crippen molar-refractivity contribution in [3.63, 3.8) is 0 Å². The summed E-state index contributed by atoms with van der Waals surface area (Å²) in [5.41, 5.74) is 0. The van der Waals surface area contributed by atoms with E-state index in [9.17, 15) is 0 Å². The molecule has 19 heavy (non-hydrogen) atoms. The monoisotopic (exact) mass is 279 g/mol. The van der Waals surface area contributed by atoms with Crippen LogP contribution in [0.3, 0.4) is 0 Å². The average molecular weight is 279 g/mol. The maximum Gasteiger partial charge on any atom is 0.204 e. The number of nitrogens with one attached hydrogen (secondary N) is 2. The molecule has 1 unspecified atom stereocenters. The van der Waals surface area contributed by atoms with Crippen LogP contribution in [0.25, 0.3) is 0 Å². The highest BCUT2D eigenvalue weighted by Gasteiger charge is 2.15. The van der Waals surface area contributed by atoms with Gasteiger partial charge in [0, 0.05) is 18.1 Å². The molecule has 0 amide bonds. The van der Waals surface area contributed by atoms with Gasteiger partial charge in [0.15, 0.2) is 11.6 Å². The molecule has 0 aliphatic rings. The fourth-order valence-electron chi connectivity index (χ4n) is 1.69. The second-order valence-electron chi connectivity index (χ2n) is 4.03. The van der Waals surface area contributed by atoms with E-state index in [1.54, 1.807) is 25.5 Å². The maximum absolute atomic E-state index is 5.34. The Morgan fingerprint density at radius 2 is 2.00 bits per heavy atom. The lowest BCUT2D eigenvalue weighted by molar-refractivity contribution is 0.414. The molecule has 0 spiro atoms. The smallest absolute Gasteiger partial charge is 0.204 e. The third kappa shape index (κ3) is 2.93. The Morgan fingerprint density at radius 1 is 1.26 bits per heavy atom. The predicted molar refractivity (Wildman–Crippen MR) is 77.0 cm³/mol. The van der Waals surface area contributed by atoms with Crippen molar-refractivity contribution >= 4 is 23.0 Å². The molecule has 0 bridgehead atoms. The van der Waals surface area contributed by atoms with Crippen molar-refractivity contribution in [2.45, 2.75) is 19.9 Å². The van der Waals surface area contributed by atoms with E-state index >= 15 is 0 Å². The van der Waals surface area contributed by atoms with E-state index in [-0.39, 0.29) is 6.04 Å². The lowest BCUT2D eigenvalue weighted by Gasteiger charge is -2.16. The first-order valence-electron chi connectivity index (χ1n) is 5.91. The van der Waals surface area contributed by atoms with Gasteiger partial charge in [-0.05, 0) is 13.8 Å². The minimum absolute atomic E-state index is 0.0622. The molecule has 0 aliphatic heterocycles. The molecular weight excluding hydrogens is 262 g/mol. The van der Waals surface area contributed by atoms with Crippen molar-refractivity contribution in [2.75, 3.05) is 24.8 Å². The predicted octanol–water partition coefficient (Wildman–Crippen LogP) is 2.46. The van der Waals surface area contributed by atoms with E-state index in [1.165, 1.54) is 11.2 Å². The van der Waals surface area contributed by atoms with Crippen molar-refractivity contribution in [1.29, 1.82) is 0 Å². The highest BCUT2D eigenvalue weighted by Crippen LogP contribution is 2.31. The van der Waals surface area contributed by atoms with E-state index in [0.29, 0.717) is 17.4 Å². The number of hydrogen-bond acceptors (Lipinski definition) is 7. The Balaban J connectivity index is 2.23. The molecule has 102 valence electrons. The zero-order chi connectivity index (χ0) is 13.8. The number of ether oxygens (including phenoxy) is 1. The van der Waals surface area contributed by atoms with Crippen LogP contribution in [0.15, 0.2) is 12.5 Å². The number of hydrogen-bond donors (Lipinski definition) is 2. The molecule has 0 saturated carbocycles. The topological polar surface area (TPSA) is 72.0 Å². The van der Waals surface area contributed by atoms with E-state index in [1.807, 2.05) is 20.0 Å². The molecule has 2 N–H and O–H groups in total. The Bertz CT molecular complexity index is 557. The largest absolute Gasteiger partial charge is 0.490 e. The molecule has 2 aromatic heterocycles. The summed E-state index contributed by atoms with van der Waals surface area (Å²) in [6, 6.07) is 0.0622. The van der Waals surface area contributed by atoms with Gasteiger partial charge in [-0.3, -0.25) is 0 Å². The summed E-state index contributed by atoms with van der Waals surface area (Å²) in [7, 11) is 3.39. The van der Waals surface area contributed by atoms with Crippen LogP contribution in [0.1, 0.15) is 22.9 Å². The zero-order valence-corrected chi connectivity index (χ0v) is 12.2.